The van der Waals surface area contributed by atoms with Crippen LogP contribution in [-0.4, -0.2) is 0 Å². The van der Waals surface area contributed by atoms with Crippen molar-refractivity contribution in [2.45, 2.75) is 33.6 Å². The molecule has 1 aromatic heterocycles. The van der Waals surface area contributed by atoms with Crippen molar-refractivity contribution in [1.29, 1.82) is 0 Å². The second kappa shape index (κ2) is 6.62. The van der Waals surface area contributed by atoms with Gasteiger partial charge >= 0.3 is 0 Å². The van der Waals surface area contributed by atoms with Crippen LogP contribution in [0.1, 0.15) is 43.5 Å². The Kier molecular flexibility index (Phi) is 4.74. The predicted octanol–water partition coefficient (Wildman–Crippen LogP) is 6.92. The summed E-state index contributed by atoms with van der Waals surface area (Å²) in [6.45, 7) is 8.83. The smallest absolute Gasteiger partial charge is 0.0353 e. The molecule has 0 aliphatic rings. The van der Waals surface area contributed by atoms with Crippen molar-refractivity contribution in [3.63, 3.8) is 0 Å². The highest BCUT2D eigenvalue weighted by Gasteiger charge is 2.22. The molecule has 0 spiro atoms. The fraction of sp³-hybridized carbons (Fsp3) is 0.238. The molecule has 0 nitrogen and oxygen atoms in total. The van der Waals surface area contributed by atoms with Gasteiger partial charge in [-0.1, -0.05) is 51.8 Å². The number of rotatable bonds is 3. The summed E-state index contributed by atoms with van der Waals surface area (Å²) in [7, 11) is 0. The first-order valence-electron chi connectivity index (χ1n) is 7.85. The molecule has 2 aromatic carbocycles. The van der Waals surface area contributed by atoms with E-state index >= 15 is 0 Å². The maximum Gasteiger partial charge on any atom is 0.0353 e. The van der Waals surface area contributed by atoms with Crippen LogP contribution >= 0.6 is 27.3 Å². The number of halogens is 1. The van der Waals surface area contributed by atoms with Gasteiger partial charge in [-0.05, 0) is 68.1 Å². The van der Waals surface area contributed by atoms with Crippen LogP contribution < -0.4 is 0 Å². The SMILES string of the molecule is Cc1ccc(C)c([C@@H](c2ccc(Br)cc2)c2cc(C)sc2C)c1. The van der Waals surface area contributed by atoms with Crippen LogP contribution in [0.25, 0.3) is 0 Å². The molecule has 0 radical (unpaired) electrons. The number of hydrogen-bond donors (Lipinski definition) is 0. The Labute approximate surface area is 151 Å². The van der Waals surface area contributed by atoms with Crippen molar-refractivity contribution in [3.05, 3.63) is 90.6 Å². The fourth-order valence-electron chi connectivity index (χ4n) is 3.19. The van der Waals surface area contributed by atoms with Gasteiger partial charge in [0.05, 0.1) is 0 Å². The summed E-state index contributed by atoms with van der Waals surface area (Å²) in [6, 6.07) is 17.9. The topological polar surface area (TPSA) is 0 Å². The molecule has 3 rings (SSSR count). The first kappa shape index (κ1) is 16.5. The molecule has 0 saturated carbocycles. The summed E-state index contributed by atoms with van der Waals surface area (Å²) < 4.78 is 1.12. The molecule has 0 saturated heterocycles. The van der Waals surface area contributed by atoms with Crippen LogP contribution in [0.5, 0.6) is 0 Å². The minimum atomic E-state index is 0.299. The van der Waals surface area contributed by atoms with Crippen molar-refractivity contribution in [3.8, 4) is 0 Å². The van der Waals surface area contributed by atoms with Crippen LogP contribution in [0.2, 0.25) is 0 Å². The Morgan fingerprint density at radius 3 is 2.13 bits per heavy atom. The van der Waals surface area contributed by atoms with Gasteiger partial charge in [0.2, 0.25) is 0 Å². The molecule has 0 fully saturated rings. The lowest BCUT2D eigenvalue weighted by Crippen LogP contribution is -2.06. The first-order valence-corrected chi connectivity index (χ1v) is 9.46. The van der Waals surface area contributed by atoms with E-state index in [-0.39, 0.29) is 0 Å². The molecule has 1 heterocycles. The van der Waals surface area contributed by atoms with Crippen molar-refractivity contribution < 1.29 is 0 Å². The Hall–Kier alpha value is -1.38. The summed E-state index contributed by atoms with van der Waals surface area (Å²) in [4.78, 5) is 2.79. The number of hydrogen-bond acceptors (Lipinski definition) is 1. The van der Waals surface area contributed by atoms with Crippen LogP contribution in [0.15, 0.2) is 53.0 Å². The van der Waals surface area contributed by atoms with Gasteiger partial charge in [-0.2, -0.15) is 0 Å². The van der Waals surface area contributed by atoms with E-state index in [1.807, 2.05) is 11.3 Å². The van der Waals surface area contributed by atoms with Crippen molar-refractivity contribution >= 4 is 27.3 Å². The van der Waals surface area contributed by atoms with Gasteiger partial charge in [0.15, 0.2) is 0 Å². The van der Waals surface area contributed by atoms with E-state index < -0.39 is 0 Å². The Morgan fingerprint density at radius 1 is 0.826 bits per heavy atom. The van der Waals surface area contributed by atoms with E-state index in [0.717, 1.165) is 4.47 Å². The van der Waals surface area contributed by atoms with Crippen molar-refractivity contribution in [1.82, 2.24) is 0 Å². The molecule has 0 unspecified atom stereocenters. The highest BCUT2D eigenvalue weighted by Crippen LogP contribution is 2.39. The molecule has 0 aliphatic heterocycles. The predicted molar refractivity (Wildman–Crippen MR) is 105 cm³/mol. The van der Waals surface area contributed by atoms with Crippen LogP contribution in [-0.2, 0) is 0 Å². The first-order chi connectivity index (χ1) is 11.0. The van der Waals surface area contributed by atoms with Gasteiger partial charge < -0.3 is 0 Å². The van der Waals surface area contributed by atoms with Gasteiger partial charge in [0.25, 0.3) is 0 Å². The van der Waals surface area contributed by atoms with Gasteiger partial charge in [-0.25, -0.2) is 0 Å². The molecule has 23 heavy (non-hydrogen) atoms. The Bertz CT molecular complexity index is 828. The van der Waals surface area contributed by atoms with E-state index in [9.17, 15) is 0 Å². The van der Waals surface area contributed by atoms with E-state index in [0.29, 0.717) is 5.92 Å². The van der Waals surface area contributed by atoms with Gasteiger partial charge in [0.1, 0.15) is 0 Å². The van der Waals surface area contributed by atoms with Crippen molar-refractivity contribution in [2.24, 2.45) is 0 Å². The summed E-state index contributed by atoms with van der Waals surface area (Å²) >= 11 is 5.44. The van der Waals surface area contributed by atoms with E-state index in [1.54, 1.807) is 0 Å². The Morgan fingerprint density at radius 2 is 1.52 bits per heavy atom. The second-order valence-corrected chi connectivity index (χ2v) is 8.59. The molecular formula is C21H21BrS. The molecule has 0 N–H and O–H groups in total. The number of aryl methyl sites for hydroxylation is 4. The quantitative estimate of drug-likeness (QED) is 0.459. The molecular weight excluding hydrogens is 364 g/mol. The second-order valence-electron chi connectivity index (χ2n) is 6.21. The monoisotopic (exact) mass is 384 g/mol. The van der Waals surface area contributed by atoms with Crippen LogP contribution in [0.4, 0.5) is 0 Å². The molecule has 0 amide bonds. The third-order valence-corrected chi connectivity index (χ3v) is 5.85. The molecule has 3 aromatic rings. The average Bonchev–Trinajstić information content (AvgIpc) is 2.83. The van der Waals surface area contributed by atoms with E-state index in [1.165, 1.54) is 37.6 Å². The summed E-state index contributed by atoms with van der Waals surface area (Å²) in [5, 5.41) is 0. The van der Waals surface area contributed by atoms with Gasteiger partial charge in [-0.3, -0.25) is 0 Å². The molecule has 118 valence electrons. The Balaban J connectivity index is 2.23. The highest BCUT2D eigenvalue weighted by atomic mass is 79.9. The zero-order chi connectivity index (χ0) is 16.6. The lowest BCUT2D eigenvalue weighted by Gasteiger charge is -2.21. The summed E-state index contributed by atoms with van der Waals surface area (Å²) in [5.74, 6) is 0.299. The lowest BCUT2D eigenvalue weighted by molar-refractivity contribution is 0.955. The van der Waals surface area contributed by atoms with Crippen LogP contribution in [0.3, 0.4) is 0 Å². The van der Waals surface area contributed by atoms with Crippen molar-refractivity contribution in [2.75, 3.05) is 0 Å². The third-order valence-electron chi connectivity index (χ3n) is 4.34. The summed E-state index contributed by atoms with van der Waals surface area (Å²) in [6.07, 6.45) is 0. The maximum absolute atomic E-state index is 3.55. The molecule has 2 heteroatoms. The number of thiophene rings is 1. The standard InChI is InChI=1S/C21H21BrS/c1-13-5-6-14(2)19(11-13)21(17-7-9-18(22)10-8-17)20-12-15(3)23-16(20)4/h5-12,21H,1-4H3/t21-/m1/s1. The van der Waals surface area contributed by atoms with Crippen LogP contribution in [0, 0.1) is 27.7 Å². The van der Waals surface area contributed by atoms with E-state index in [2.05, 4.69) is 92.2 Å². The van der Waals surface area contributed by atoms with E-state index in [4.69, 9.17) is 0 Å². The maximum atomic E-state index is 3.55. The zero-order valence-electron chi connectivity index (χ0n) is 14.0. The molecule has 1 atom stereocenters. The van der Waals surface area contributed by atoms with Gasteiger partial charge in [-0.15, -0.1) is 11.3 Å². The lowest BCUT2D eigenvalue weighted by atomic mass is 9.82. The molecule has 0 bridgehead atoms. The fourth-order valence-corrected chi connectivity index (χ4v) is 4.42. The average molecular weight is 385 g/mol. The number of benzene rings is 2. The largest absolute Gasteiger partial charge is 0.146 e. The van der Waals surface area contributed by atoms with Gasteiger partial charge in [0, 0.05) is 20.1 Å². The summed E-state index contributed by atoms with van der Waals surface area (Å²) in [5.41, 5.74) is 6.86. The zero-order valence-corrected chi connectivity index (χ0v) is 16.4. The third kappa shape index (κ3) is 3.44. The minimum Gasteiger partial charge on any atom is -0.146 e. The minimum absolute atomic E-state index is 0.299. The highest BCUT2D eigenvalue weighted by molar-refractivity contribution is 9.10. The normalized spacial score (nSPS) is 12.4. The molecule has 0 aliphatic carbocycles.